The van der Waals surface area contributed by atoms with Crippen molar-refractivity contribution in [1.82, 2.24) is 5.32 Å². The van der Waals surface area contributed by atoms with E-state index in [0.29, 0.717) is 0 Å². The predicted octanol–water partition coefficient (Wildman–Crippen LogP) is 4.28. The van der Waals surface area contributed by atoms with Crippen LogP contribution in [0, 0.1) is 5.41 Å². The SMILES string of the molecule is COC(=O)C(C)(C)C(N[C@@H](C)c1ccccc1)c1ccccc1. The molecule has 2 atom stereocenters. The van der Waals surface area contributed by atoms with E-state index >= 15 is 0 Å². The number of esters is 1. The summed E-state index contributed by atoms with van der Waals surface area (Å²) in [4.78, 5) is 12.3. The Balaban J connectivity index is 2.33. The molecule has 0 aromatic heterocycles. The standard InChI is InChI=1S/C20H25NO2/c1-15(16-11-7-5-8-12-16)21-18(17-13-9-6-10-14-17)20(2,3)19(22)23-4/h5-15,18,21H,1-4H3/t15-,18?/m0/s1. The summed E-state index contributed by atoms with van der Waals surface area (Å²) < 4.78 is 5.03. The Labute approximate surface area is 138 Å². The predicted molar refractivity (Wildman–Crippen MR) is 93.0 cm³/mol. The van der Waals surface area contributed by atoms with E-state index in [1.165, 1.54) is 12.7 Å². The molecule has 0 aliphatic rings. The highest BCUT2D eigenvalue weighted by atomic mass is 16.5. The van der Waals surface area contributed by atoms with Gasteiger partial charge in [-0.1, -0.05) is 60.7 Å². The summed E-state index contributed by atoms with van der Waals surface area (Å²) in [6.45, 7) is 5.95. The molecule has 1 N–H and O–H groups in total. The largest absolute Gasteiger partial charge is 0.469 e. The first-order valence-corrected chi connectivity index (χ1v) is 7.91. The highest BCUT2D eigenvalue weighted by molar-refractivity contribution is 5.77. The third-order valence-electron chi connectivity index (χ3n) is 4.28. The molecule has 0 saturated heterocycles. The van der Waals surface area contributed by atoms with Crippen molar-refractivity contribution in [1.29, 1.82) is 0 Å². The van der Waals surface area contributed by atoms with Gasteiger partial charge in [0, 0.05) is 12.1 Å². The van der Waals surface area contributed by atoms with Crippen molar-refractivity contribution in [3.05, 3.63) is 71.8 Å². The molecule has 0 aliphatic carbocycles. The van der Waals surface area contributed by atoms with Crippen LogP contribution in [0.1, 0.15) is 44.0 Å². The lowest BCUT2D eigenvalue weighted by atomic mass is 9.79. The van der Waals surface area contributed by atoms with Crippen molar-refractivity contribution in [2.24, 2.45) is 5.41 Å². The molecule has 0 heterocycles. The van der Waals surface area contributed by atoms with E-state index in [2.05, 4.69) is 24.4 Å². The second-order valence-corrected chi connectivity index (χ2v) is 6.36. The van der Waals surface area contributed by atoms with E-state index in [4.69, 9.17) is 4.74 Å². The first kappa shape index (κ1) is 17.2. The summed E-state index contributed by atoms with van der Waals surface area (Å²) in [5.74, 6) is -0.223. The van der Waals surface area contributed by atoms with E-state index < -0.39 is 5.41 Å². The van der Waals surface area contributed by atoms with Gasteiger partial charge in [-0.25, -0.2) is 0 Å². The Bertz CT molecular complexity index is 623. The minimum Gasteiger partial charge on any atom is -0.469 e. The molecule has 0 radical (unpaired) electrons. The van der Waals surface area contributed by atoms with Gasteiger partial charge >= 0.3 is 5.97 Å². The number of carbonyl (C=O) groups excluding carboxylic acids is 1. The quantitative estimate of drug-likeness (QED) is 0.809. The van der Waals surface area contributed by atoms with Crippen molar-refractivity contribution in [3.8, 4) is 0 Å². The lowest BCUT2D eigenvalue weighted by Crippen LogP contribution is -2.41. The third kappa shape index (κ3) is 3.99. The van der Waals surface area contributed by atoms with Gasteiger partial charge in [0.25, 0.3) is 0 Å². The number of rotatable bonds is 6. The average molecular weight is 311 g/mol. The number of benzene rings is 2. The molecule has 2 rings (SSSR count). The van der Waals surface area contributed by atoms with Crippen molar-refractivity contribution in [2.45, 2.75) is 32.9 Å². The van der Waals surface area contributed by atoms with Gasteiger partial charge in [0.1, 0.15) is 0 Å². The topological polar surface area (TPSA) is 38.3 Å². The molecule has 0 amide bonds. The number of ether oxygens (including phenoxy) is 1. The van der Waals surface area contributed by atoms with Crippen LogP contribution in [0.2, 0.25) is 0 Å². The van der Waals surface area contributed by atoms with Crippen LogP contribution in [0.5, 0.6) is 0 Å². The van der Waals surface area contributed by atoms with E-state index in [1.807, 2.05) is 62.4 Å². The van der Waals surface area contributed by atoms with Gasteiger partial charge in [-0.2, -0.15) is 0 Å². The minimum absolute atomic E-state index is 0.116. The fraction of sp³-hybridized carbons (Fsp3) is 0.350. The summed E-state index contributed by atoms with van der Waals surface area (Å²) in [6, 6.07) is 20.2. The first-order chi connectivity index (χ1) is 11.0. The van der Waals surface area contributed by atoms with Gasteiger partial charge in [-0.3, -0.25) is 4.79 Å². The maximum Gasteiger partial charge on any atom is 0.313 e. The van der Waals surface area contributed by atoms with Crippen LogP contribution in [-0.2, 0) is 9.53 Å². The Kier molecular flexibility index (Phi) is 5.56. The van der Waals surface area contributed by atoms with Crippen LogP contribution in [0.25, 0.3) is 0 Å². The number of carbonyl (C=O) groups is 1. The van der Waals surface area contributed by atoms with Crippen LogP contribution in [0.15, 0.2) is 60.7 Å². The minimum atomic E-state index is -0.681. The highest BCUT2D eigenvalue weighted by Gasteiger charge is 2.39. The van der Waals surface area contributed by atoms with Gasteiger partial charge < -0.3 is 10.1 Å². The maximum atomic E-state index is 12.3. The normalized spacial score (nSPS) is 14.1. The maximum absolute atomic E-state index is 12.3. The zero-order valence-electron chi connectivity index (χ0n) is 14.2. The number of nitrogens with one attached hydrogen (secondary N) is 1. The number of hydrogen-bond donors (Lipinski definition) is 1. The van der Waals surface area contributed by atoms with Gasteiger partial charge in [0.2, 0.25) is 0 Å². The van der Waals surface area contributed by atoms with E-state index in [1.54, 1.807) is 0 Å². The lowest BCUT2D eigenvalue weighted by molar-refractivity contribution is -0.152. The summed E-state index contributed by atoms with van der Waals surface area (Å²) in [6.07, 6.45) is 0. The molecule has 2 aromatic rings. The molecule has 0 fully saturated rings. The first-order valence-electron chi connectivity index (χ1n) is 7.91. The Hall–Kier alpha value is -2.13. The van der Waals surface area contributed by atoms with Crippen LogP contribution in [0.3, 0.4) is 0 Å². The Morgan fingerprint density at radius 1 is 0.957 bits per heavy atom. The molecule has 3 nitrogen and oxygen atoms in total. The van der Waals surface area contributed by atoms with Crippen molar-refractivity contribution in [3.63, 3.8) is 0 Å². The van der Waals surface area contributed by atoms with Gasteiger partial charge in [-0.05, 0) is 31.9 Å². The molecule has 1 unspecified atom stereocenters. The van der Waals surface area contributed by atoms with E-state index in [-0.39, 0.29) is 18.1 Å². The lowest BCUT2D eigenvalue weighted by Gasteiger charge is -2.35. The van der Waals surface area contributed by atoms with Crippen LogP contribution < -0.4 is 5.32 Å². The van der Waals surface area contributed by atoms with Gasteiger partial charge in [-0.15, -0.1) is 0 Å². The monoisotopic (exact) mass is 311 g/mol. The zero-order valence-corrected chi connectivity index (χ0v) is 14.2. The zero-order chi connectivity index (χ0) is 16.9. The third-order valence-corrected chi connectivity index (χ3v) is 4.28. The smallest absolute Gasteiger partial charge is 0.313 e. The summed E-state index contributed by atoms with van der Waals surface area (Å²) in [7, 11) is 1.44. The second kappa shape index (κ2) is 7.42. The molecule has 0 saturated carbocycles. The molecule has 122 valence electrons. The summed E-state index contributed by atoms with van der Waals surface area (Å²) in [5.41, 5.74) is 1.58. The van der Waals surface area contributed by atoms with Crippen molar-refractivity contribution >= 4 is 5.97 Å². The number of methoxy groups -OCH3 is 1. The highest BCUT2D eigenvalue weighted by Crippen LogP contribution is 2.36. The van der Waals surface area contributed by atoms with Crippen molar-refractivity contribution < 1.29 is 9.53 Å². The van der Waals surface area contributed by atoms with Crippen LogP contribution in [-0.4, -0.2) is 13.1 Å². The average Bonchev–Trinajstić information content (AvgIpc) is 2.60. The molecule has 0 spiro atoms. The summed E-state index contributed by atoms with van der Waals surface area (Å²) >= 11 is 0. The van der Waals surface area contributed by atoms with Gasteiger partial charge in [0.15, 0.2) is 0 Å². The molecule has 0 bridgehead atoms. The van der Waals surface area contributed by atoms with Crippen LogP contribution >= 0.6 is 0 Å². The molecule has 23 heavy (non-hydrogen) atoms. The molecule has 2 aromatic carbocycles. The molecular weight excluding hydrogens is 286 g/mol. The fourth-order valence-electron chi connectivity index (χ4n) is 2.84. The molecular formula is C20H25NO2. The Morgan fingerprint density at radius 3 is 1.91 bits per heavy atom. The number of hydrogen-bond acceptors (Lipinski definition) is 3. The van der Waals surface area contributed by atoms with Gasteiger partial charge in [0.05, 0.1) is 12.5 Å². The summed E-state index contributed by atoms with van der Waals surface area (Å²) in [5, 5.41) is 3.60. The molecule has 0 aliphatic heterocycles. The fourth-order valence-corrected chi connectivity index (χ4v) is 2.84. The van der Waals surface area contributed by atoms with E-state index in [0.717, 1.165) is 5.56 Å². The Morgan fingerprint density at radius 2 is 1.43 bits per heavy atom. The van der Waals surface area contributed by atoms with E-state index in [9.17, 15) is 4.79 Å². The van der Waals surface area contributed by atoms with Crippen LogP contribution in [0.4, 0.5) is 0 Å². The van der Waals surface area contributed by atoms with Crippen molar-refractivity contribution in [2.75, 3.05) is 7.11 Å². The molecule has 3 heteroatoms. The second-order valence-electron chi connectivity index (χ2n) is 6.36.